The van der Waals surface area contributed by atoms with E-state index in [2.05, 4.69) is 5.32 Å². The molecule has 1 saturated carbocycles. The second-order valence-corrected chi connectivity index (χ2v) is 7.57. The number of nitrogens with zero attached hydrogens (tertiary/aromatic N) is 2. The van der Waals surface area contributed by atoms with E-state index in [0.717, 1.165) is 24.1 Å². The Kier molecular flexibility index (Phi) is 4.66. The minimum Gasteiger partial charge on any atom is -0.339 e. The Labute approximate surface area is 153 Å². The molecule has 4 rings (SSSR count). The Morgan fingerprint density at radius 1 is 1.04 bits per heavy atom. The number of amides is 3. The molecule has 1 aliphatic carbocycles. The van der Waals surface area contributed by atoms with Gasteiger partial charge in [-0.15, -0.1) is 0 Å². The highest BCUT2D eigenvalue weighted by atomic mass is 16.2. The van der Waals surface area contributed by atoms with Crippen LogP contribution in [0.15, 0.2) is 24.3 Å². The Hall–Kier alpha value is -2.37. The molecule has 3 aliphatic rings. The molecule has 0 spiro atoms. The van der Waals surface area contributed by atoms with E-state index in [0.29, 0.717) is 45.4 Å². The van der Waals surface area contributed by atoms with Crippen LogP contribution in [0.2, 0.25) is 0 Å². The first-order valence-electron chi connectivity index (χ1n) is 9.57. The Morgan fingerprint density at radius 3 is 2.46 bits per heavy atom. The molecule has 1 N–H and O–H groups in total. The maximum atomic E-state index is 12.5. The van der Waals surface area contributed by atoms with Crippen molar-refractivity contribution in [2.24, 2.45) is 11.8 Å². The van der Waals surface area contributed by atoms with E-state index in [1.165, 1.54) is 0 Å². The fourth-order valence-corrected chi connectivity index (χ4v) is 3.87. The molecule has 1 aromatic carbocycles. The van der Waals surface area contributed by atoms with Crippen LogP contribution in [0.25, 0.3) is 0 Å². The van der Waals surface area contributed by atoms with E-state index in [1.54, 1.807) is 0 Å². The molecule has 26 heavy (non-hydrogen) atoms. The van der Waals surface area contributed by atoms with Crippen LogP contribution in [-0.2, 0) is 20.8 Å². The fourth-order valence-electron chi connectivity index (χ4n) is 3.87. The van der Waals surface area contributed by atoms with Crippen molar-refractivity contribution in [1.82, 2.24) is 9.80 Å². The largest absolute Gasteiger partial charge is 0.339 e. The third kappa shape index (κ3) is 3.59. The van der Waals surface area contributed by atoms with E-state index in [-0.39, 0.29) is 29.6 Å². The van der Waals surface area contributed by atoms with E-state index >= 15 is 0 Å². The van der Waals surface area contributed by atoms with Gasteiger partial charge in [0.05, 0.1) is 0 Å². The summed E-state index contributed by atoms with van der Waals surface area (Å²) < 4.78 is 0. The molecular formula is C20H25N3O3. The summed E-state index contributed by atoms with van der Waals surface area (Å²) in [4.78, 5) is 40.6. The molecule has 1 atom stereocenters. The first-order valence-corrected chi connectivity index (χ1v) is 9.57. The van der Waals surface area contributed by atoms with Crippen molar-refractivity contribution in [2.45, 2.75) is 32.1 Å². The predicted octanol–water partition coefficient (Wildman–Crippen LogP) is 1.66. The van der Waals surface area contributed by atoms with Crippen LogP contribution in [0, 0.1) is 11.8 Å². The van der Waals surface area contributed by atoms with Gasteiger partial charge in [-0.3, -0.25) is 14.4 Å². The number of benzene rings is 1. The second kappa shape index (κ2) is 7.09. The minimum absolute atomic E-state index is 0.0105. The summed E-state index contributed by atoms with van der Waals surface area (Å²) in [6.07, 6.45) is 3.69. The topological polar surface area (TPSA) is 69.7 Å². The van der Waals surface area contributed by atoms with Gasteiger partial charge < -0.3 is 15.1 Å². The minimum atomic E-state index is -0.147. The lowest BCUT2D eigenvalue weighted by atomic mass is 9.89. The van der Waals surface area contributed by atoms with Crippen LogP contribution in [0.1, 0.15) is 31.2 Å². The van der Waals surface area contributed by atoms with Crippen molar-refractivity contribution in [3.63, 3.8) is 0 Å². The average molecular weight is 355 g/mol. The Balaban J connectivity index is 1.25. The highest BCUT2D eigenvalue weighted by Crippen LogP contribution is 2.31. The first-order chi connectivity index (χ1) is 12.6. The van der Waals surface area contributed by atoms with Gasteiger partial charge in [0.25, 0.3) is 0 Å². The van der Waals surface area contributed by atoms with Crippen molar-refractivity contribution in [3.8, 4) is 0 Å². The summed E-state index contributed by atoms with van der Waals surface area (Å²) in [7, 11) is 0. The number of para-hydroxylation sites is 1. The number of rotatable bonds is 4. The van der Waals surface area contributed by atoms with Crippen molar-refractivity contribution in [3.05, 3.63) is 29.8 Å². The molecule has 6 nitrogen and oxygen atoms in total. The number of hydrogen-bond donors (Lipinski definition) is 1. The first kappa shape index (κ1) is 17.1. The van der Waals surface area contributed by atoms with Crippen molar-refractivity contribution >= 4 is 23.4 Å². The van der Waals surface area contributed by atoms with E-state index in [9.17, 15) is 14.4 Å². The SMILES string of the molecule is O=C1Nc2ccccc2C[C@@H]1CCC(=O)N1CCN(C(=O)C2CC2)CC1. The number of carbonyl (C=O) groups excluding carboxylic acids is 3. The van der Waals surface area contributed by atoms with Crippen LogP contribution in [-0.4, -0.2) is 53.7 Å². The fraction of sp³-hybridized carbons (Fsp3) is 0.550. The van der Waals surface area contributed by atoms with Gasteiger partial charge in [-0.2, -0.15) is 0 Å². The molecular weight excluding hydrogens is 330 g/mol. The van der Waals surface area contributed by atoms with E-state index in [4.69, 9.17) is 0 Å². The molecule has 2 heterocycles. The number of anilines is 1. The molecule has 0 aromatic heterocycles. The third-order valence-electron chi connectivity index (χ3n) is 5.69. The predicted molar refractivity (Wildman–Crippen MR) is 97.4 cm³/mol. The van der Waals surface area contributed by atoms with Crippen LogP contribution >= 0.6 is 0 Å². The highest BCUT2D eigenvalue weighted by Gasteiger charge is 2.35. The molecule has 0 radical (unpaired) electrons. The van der Waals surface area contributed by atoms with Crippen LogP contribution < -0.4 is 5.32 Å². The molecule has 138 valence electrons. The van der Waals surface area contributed by atoms with Crippen molar-refractivity contribution in [1.29, 1.82) is 0 Å². The Bertz CT molecular complexity index is 721. The molecule has 0 unspecified atom stereocenters. The number of hydrogen-bond acceptors (Lipinski definition) is 3. The Morgan fingerprint density at radius 2 is 1.73 bits per heavy atom. The van der Waals surface area contributed by atoms with E-state index < -0.39 is 0 Å². The standard InChI is InChI=1S/C20H25N3O3/c24-18(22-9-11-23(12-10-22)20(26)14-5-6-14)8-7-16-13-15-3-1-2-4-17(15)21-19(16)25/h1-4,14,16H,5-13H2,(H,21,25)/t16-/m0/s1. The lowest BCUT2D eigenvalue weighted by Gasteiger charge is -2.35. The summed E-state index contributed by atoms with van der Waals surface area (Å²) in [6, 6.07) is 7.83. The van der Waals surface area contributed by atoms with Crippen molar-refractivity contribution < 1.29 is 14.4 Å². The maximum absolute atomic E-state index is 12.5. The smallest absolute Gasteiger partial charge is 0.227 e. The molecule has 0 bridgehead atoms. The van der Waals surface area contributed by atoms with Crippen LogP contribution in [0.3, 0.4) is 0 Å². The van der Waals surface area contributed by atoms with Gasteiger partial charge in [0.2, 0.25) is 17.7 Å². The normalized spacial score (nSPS) is 22.6. The van der Waals surface area contributed by atoms with Gasteiger partial charge in [-0.25, -0.2) is 0 Å². The quantitative estimate of drug-likeness (QED) is 0.893. The molecule has 2 aliphatic heterocycles. The summed E-state index contributed by atoms with van der Waals surface area (Å²) in [5.41, 5.74) is 2.02. The molecule has 3 amide bonds. The summed E-state index contributed by atoms with van der Waals surface area (Å²) in [5, 5.41) is 2.94. The zero-order valence-corrected chi connectivity index (χ0v) is 14.9. The summed E-state index contributed by atoms with van der Waals surface area (Å²) >= 11 is 0. The zero-order valence-electron chi connectivity index (χ0n) is 14.9. The highest BCUT2D eigenvalue weighted by molar-refractivity contribution is 5.96. The van der Waals surface area contributed by atoms with Crippen molar-refractivity contribution in [2.75, 3.05) is 31.5 Å². The lowest BCUT2D eigenvalue weighted by molar-refractivity contribution is -0.140. The number of fused-ring (bicyclic) bond motifs is 1. The molecule has 6 heteroatoms. The molecule has 1 saturated heterocycles. The molecule has 2 fully saturated rings. The number of nitrogens with one attached hydrogen (secondary N) is 1. The van der Waals surface area contributed by atoms with Crippen LogP contribution in [0.4, 0.5) is 5.69 Å². The second-order valence-electron chi connectivity index (χ2n) is 7.57. The summed E-state index contributed by atoms with van der Waals surface area (Å²) in [6.45, 7) is 2.49. The van der Waals surface area contributed by atoms with Gasteiger partial charge in [0.1, 0.15) is 0 Å². The van der Waals surface area contributed by atoms with Crippen LogP contribution in [0.5, 0.6) is 0 Å². The number of piperazine rings is 1. The zero-order chi connectivity index (χ0) is 18.1. The van der Waals surface area contributed by atoms with E-state index in [1.807, 2.05) is 34.1 Å². The van der Waals surface area contributed by atoms with Gasteiger partial charge in [0, 0.05) is 50.1 Å². The summed E-state index contributed by atoms with van der Waals surface area (Å²) in [5.74, 6) is 0.456. The molecule has 1 aromatic rings. The van der Waals surface area contributed by atoms with Gasteiger partial charge >= 0.3 is 0 Å². The maximum Gasteiger partial charge on any atom is 0.227 e. The number of carbonyl (C=O) groups is 3. The lowest BCUT2D eigenvalue weighted by Crippen LogP contribution is -2.51. The monoisotopic (exact) mass is 355 g/mol. The third-order valence-corrected chi connectivity index (χ3v) is 5.69. The van der Waals surface area contributed by atoms with Gasteiger partial charge in [0.15, 0.2) is 0 Å². The van der Waals surface area contributed by atoms with Gasteiger partial charge in [-0.05, 0) is 37.3 Å². The van der Waals surface area contributed by atoms with Gasteiger partial charge in [-0.1, -0.05) is 18.2 Å². The average Bonchev–Trinajstić information content (AvgIpc) is 3.51.